The van der Waals surface area contributed by atoms with E-state index in [1.165, 1.54) is 0 Å². The quantitative estimate of drug-likeness (QED) is 0.473. The molecule has 0 aliphatic carbocycles. The number of rotatable bonds is 11. The molecule has 2 rings (SSSR count). The second kappa shape index (κ2) is 13.1. The maximum Gasteiger partial charge on any atom is 0.338 e. The van der Waals surface area contributed by atoms with Crippen molar-refractivity contribution in [1.29, 1.82) is 0 Å². The summed E-state index contributed by atoms with van der Waals surface area (Å²) in [6.45, 7) is 7.64. The van der Waals surface area contributed by atoms with Crippen molar-refractivity contribution < 1.29 is 28.7 Å². The van der Waals surface area contributed by atoms with Gasteiger partial charge in [-0.25, -0.2) is 4.79 Å². The fraction of sp³-hybridized carbons (Fsp3) is 0.385. The molecule has 0 bridgehead atoms. The van der Waals surface area contributed by atoms with Crippen LogP contribution in [0.4, 0.5) is 11.4 Å². The Labute approximate surface area is 200 Å². The van der Waals surface area contributed by atoms with Crippen LogP contribution in [0, 0.1) is 19.8 Å². The fourth-order valence-electron chi connectivity index (χ4n) is 3.04. The smallest absolute Gasteiger partial charge is 0.338 e. The Bertz CT molecular complexity index is 994. The SMILES string of the molecule is Cc1cccc(C)c1NC(=O)COC(=O)CCCC(=O)Nc1ccc(C(=O)OCC(C)C)cc1. The summed E-state index contributed by atoms with van der Waals surface area (Å²) in [6.07, 6.45) is 0.412. The van der Waals surface area contributed by atoms with Gasteiger partial charge in [0.2, 0.25) is 5.91 Å². The first-order chi connectivity index (χ1) is 16.2. The highest BCUT2D eigenvalue weighted by Crippen LogP contribution is 2.19. The Balaban J connectivity index is 1.67. The first kappa shape index (κ1) is 26.6. The molecule has 0 saturated carbocycles. The summed E-state index contributed by atoms with van der Waals surface area (Å²) in [7, 11) is 0. The average molecular weight is 469 g/mol. The number of ether oxygens (including phenoxy) is 2. The van der Waals surface area contributed by atoms with Crippen molar-refractivity contribution in [2.24, 2.45) is 5.92 Å². The van der Waals surface area contributed by atoms with Crippen molar-refractivity contribution in [3.05, 3.63) is 59.2 Å². The normalized spacial score (nSPS) is 10.5. The van der Waals surface area contributed by atoms with Gasteiger partial charge in [0.1, 0.15) is 0 Å². The number of nitrogens with one attached hydrogen (secondary N) is 2. The number of aryl methyl sites for hydroxylation is 2. The molecule has 2 N–H and O–H groups in total. The van der Waals surface area contributed by atoms with E-state index in [4.69, 9.17) is 9.47 Å². The average Bonchev–Trinajstić information content (AvgIpc) is 2.79. The van der Waals surface area contributed by atoms with Crippen LogP contribution in [0.2, 0.25) is 0 Å². The molecule has 2 aromatic carbocycles. The van der Waals surface area contributed by atoms with Crippen LogP contribution in [0.1, 0.15) is 54.6 Å². The maximum atomic E-state index is 12.1. The lowest BCUT2D eigenvalue weighted by atomic mass is 10.1. The van der Waals surface area contributed by atoms with Gasteiger partial charge in [0.05, 0.1) is 12.2 Å². The van der Waals surface area contributed by atoms with E-state index in [9.17, 15) is 19.2 Å². The maximum absolute atomic E-state index is 12.1. The Hall–Kier alpha value is -3.68. The number of hydrogen-bond donors (Lipinski definition) is 2. The zero-order chi connectivity index (χ0) is 25.1. The van der Waals surface area contributed by atoms with E-state index in [0.29, 0.717) is 23.5 Å². The summed E-state index contributed by atoms with van der Waals surface area (Å²) in [6, 6.07) is 12.1. The van der Waals surface area contributed by atoms with E-state index in [0.717, 1.165) is 11.1 Å². The van der Waals surface area contributed by atoms with Crippen LogP contribution < -0.4 is 10.6 Å². The van der Waals surface area contributed by atoms with Crippen molar-refractivity contribution >= 4 is 35.1 Å². The lowest BCUT2D eigenvalue weighted by molar-refractivity contribution is -0.147. The molecule has 0 atom stereocenters. The van der Waals surface area contributed by atoms with Crippen molar-refractivity contribution in [2.45, 2.75) is 47.0 Å². The number of hydrogen-bond acceptors (Lipinski definition) is 6. The number of carbonyl (C=O) groups is 4. The topological polar surface area (TPSA) is 111 Å². The third-order valence-electron chi connectivity index (χ3n) is 4.85. The van der Waals surface area contributed by atoms with Crippen LogP contribution >= 0.6 is 0 Å². The molecule has 2 amide bonds. The van der Waals surface area contributed by atoms with Crippen molar-refractivity contribution in [3.8, 4) is 0 Å². The zero-order valence-corrected chi connectivity index (χ0v) is 20.1. The molecule has 8 nitrogen and oxygen atoms in total. The summed E-state index contributed by atoms with van der Waals surface area (Å²) < 4.78 is 10.2. The van der Waals surface area contributed by atoms with Crippen molar-refractivity contribution in [2.75, 3.05) is 23.8 Å². The standard InChI is InChI=1S/C26H32N2O6/c1-17(2)15-34-26(32)20-11-13-21(14-12-20)27-22(29)9-6-10-24(31)33-16-23(30)28-25-18(3)7-5-8-19(25)4/h5,7-8,11-14,17H,6,9-10,15-16H2,1-4H3,(H,27,29)(H,28,30). The molecular formula is C26H32N2O6. The number of anilines is 2. The highest BCUT2D eigenvalue weighted by molar-refractivity contribution is 5.94. The van der Waals surface area contributed by atoms with Gasteiger partial charge in [0.25, 0.3) is 5.91 Å². The van der Waals surface area contributed by atoms with Gasteiger partial charge in [-0.05, 0) is 61.6 Å². The second-order valence-corrected chi connectivity index (χ2v) is 8.45. The second-order valence-electron chi connectivity index (χ2n) is 8.45. The first-order valence-corrected chi connectivity index (χ1v) is 11.2. The van der Waals surface area contributed by atoms with Gasteiger partial charge in [-0.2, -0.15) is 0 Å². The highest BCUT2D eigenvalue weighted by atomic mass is 16.5. The zero-order valence-electron chi connectivity index (χ0n) is 20.1. The lowest BCUT2D eigenvalue weighted by Gasteiger charge is -2.11. The van der Waals surface area contributed by atoms with Gasteiger partial charge in [0, 0.05) is 24.2 Å². The van der Waals surface area contributed by atoms with E-state index >= 15 is 0 Å². The molecule has 8 heteroatoms. The highest BCUT2D eigenvalue weighted by Gasteiger charge is 2.12. The minimum absolute atomic E-state index is 0.0186. The van der Waals surface area contributed by atoms with Gasteiger partial charge < -0.3 is 20.1 Å². The molecular weight excluding hydrogens is 436 g/mol. The third kappa shape index (κ3) is 9.05. The number of para-hydroxylation sites is 1. The molecule has 0 unspecified atom stereocenters. The van der Waals surface area contributed by atoms with Gasteiger partial charge in [-0.3, -0.25) is 14.4 Å². The Morgan fingerprint density at radius 1 is 0.824 bits per heavy atom. The van der Waals surface area contributed by atoms with Gasteiger partial charge in [0.15, 0.2) is 6.61 Å². The molecule has 0 fully saturated rings. The van der Waals surface area contributed by atoms with Crippen LogP contribution in [-0.4, -0.2) is 37.0 Å². The minimum atomic E-state index is -0.547. The molecule has 34 heavy (non-hydrogen) atoms. The van der Waals surface area contributed by atoms with E-state index in [1.807, 2.05) is 45.9 Å². The monoisotopic (exact) mass is 468 g/mol. The Morgan fingerprint density at radius 3 is 2.09 bits per heavy atom. The van der Waals surface area contributed by atoms with Gasteiger partial charge in [-0.1, -0.05) is 32.0 Å². The number of amides is 2. The molecule has 0 aromatic heterocycles. The van der Waals surface area contributed by atoms with Gasteiger partial charge in [-0.15, -0.1) is 0 Å². The summed E-state index contributed by atoms with van der Waals surface area (Å²) in [5.74, 6) is -1.39. The minimum Gasteiger partial charge on any atom is -0.462 e. The first-order valence-electron chi connectivity index (χ1n) is 11.2. The van der Waals surface area contributed by atoms with Crippen LogP contribution in [0.5, 0.6) is 0 Å². The van der Waals surface area contributed by atoms with Crippen LogP contribution in [-0.2, 0) is 23.9 Å². The van der Waals surface area contributed by atoms with E-state index in [-0.39, 0.29) is 37.7 Å². The molecule has 0 spiro atoms. The summed E-state index contributed by atoms with van der Waals surface area (Å²) in [4.78, 5) is 48.0. The molecule has 0 aliphatic rings. The third-order valence-corrected chi connectivity index (χ3v) is 4.85. The van der Waals surface area contributed by atoms with E-state index in [1.54, 1.807) is 24.3 Å². The summed E-state index contributed by atoms with van der Waals surface area (Å²) in [5.41, 5.74) is 3.50. The predicted octanol–water partition coefficient (Wildman–Crippen LogP) is 4.41. The van der Waals surface area contributed by atoms with Crippen LogP contribution in [0.15, 0.2) is 42.5 Å². The van der Waals surface area contributed by atoms with Crippen LogP contribution in [0.3, 0.4) is 0 Å². The fourth-order valence-corrected chi connectivity index (χ4v) is 3.04. The lowest BCUT2D eigenvalue weighted by Crippen LogP contribution is -2.22. The number of esters is 2. The number of benzene rings is 2. The van der Waals surface area contributed by atoms with Crippen molar-refractivity contribution in [1.82, 2.24) is 0 Å². The molecule has 0 saturated heterocycles. The summed E-state index contributed by atoms with van der Waals surface area (Å²) >= 11 is 0. The molecule has 2 aromatic rings. The molecule has 0 radical (unpaired) electrons. The summed E-state index contributed by atoms with van der Waals surface area (Å²) in [5, 5.41) is 5.46. The number of carbonyl (C=O) groups excluding carboxylic acids is 4. The van der Waals surface area contributed by atoms with Gasteiger partial charge >= 0.3 is 11.9 Å². The largest absolute Gasteiger partial charge is 0.462 e. The molecule has 182 valence electrons. The van der Waals surface area contributed by atoms with Crippen LogP contribution in [0.25, 0.3) is 0 Å². The van der Waals surface area contributed by atoms with Crippen molar-refractivity contribution in [3.63, 3.8) is 0 Å². The molecule has 0 heterocycles. The molecule has 0 aliphatic heterocycles. The van der Waals surface area contributed by atoms with E-state index < -0.39 is 17.8 Å². The van der Waals surface area contributed by atoms with E-state index in [2.05, 4.69) is 10.6 Å². The Kier molecular flexibility index (Phi) is 10.3. The predicted molar refractivity (Wildman–Crippen MR) is 130 cm³/mol. The Morgan fingerprint density at radius 2 is 1.47 bits per heavy atom.